The van der Waals surface area contributed by atoms with E-state index >= 15 is 0 Å². The molecule has 140 valence electrons. The fraction of sp³-hybridized carbons (Fsp3) is 0.227. The summed E-state index contributed by atoms with van der Waals surface area (Å²) in [6.45, 7) is 6.41. The quantitative estimate of drug-likeness (QED) is 0.612. The number of methoxy groups -OCH3 is 1. The van der Waals surface area contributed by atoms with E-state index in [1.165, 1.54) is 16.9 Å². The second-order valence-electron chi connectivity index (χ2n) is 6.53. The zero-order chi connectivity index (χ0) is 19.4. The number of carbonyl (C=O) groups excluding carboxylic acids is 1. The highest BCUT2D eigenvalue weighted by Gasteiger charge is 2.12. The molecular formula is C22H23NO3S. The third-order valence-corrected chi connectivity index (χ3v) is 5.20. The minimum absolute atomic E-state index is 0.105. The molecule has 2 aromatic carbocycles. The van der Waals surface area contributed by atoms with Gasteiger partial charge >= 0.3 is 0 Å². The number of hydrogen-bond acceptors (Lipinski definition) is 4. The van der Waals surface area contributed by atoms with E-state index < -0.39 is 0 Å². The van der Waals surface area contributed by atoms with Crippen LogP contribution in [-0.4, -0.2) is 13.0 Å². The lowest BCUT2D eigenvalue weighted by Crippen LogP contribution is -2.11. The molecule has 0 bridgehead atoms. The molecule has 5 heteroatoms. The summed E-state index contributed by atoms with van der Waals surface area (Å²) in [6.07, 6.45) is 0. The number of amides is 1. The smallest absolute Gasteiger partial charge is 0.265 e. The van der Waals surface area contributed by atoms with E-state index in [2.05, 4.69) is 11.4 Å². The monoisotopic (exact) mass is 381 g/mol. The molecule has 0 spiro atoms. The van der Waals surface area contributed by atoms with Crippen molar-refractivity contribution in [2.75, 3.05) is 12.4 Å². The SMILES string of the molecule is COc1cc(C)ccc1OCc1csc(C(=O)Nc2ccc(C)cc2C)c1. The summed E-state index contributed by atoms with van der Waals surface area (Å²) in [5.74, 6) is 1.29. The van der Waals surface area contributed by atoms with E-state index in [-0.39, 0.29) is 5.91 Å². The third-order valence-electron chi connectivity index (χ3n) is 4.22. The van der Waals surface area contributed by atoms with Crippen molar-refractivity contribution in [1.82, 2.24) is 0 Å². The topological polar surface area (TPSA) is 47.6 Å². The third kappa shape index (κ3) is 4.68. The highest BCUT2D eigenvalue weighted by molar-refractivity contribution is 7.12. The predicted octanol–water partition coefficient (Wildman–Crippen LogP) is 5.51. The van der Waals surface area contributed by atoms with Crippen LogP contribution >= 0.6 is 11.3 Å². The fourth-order valence-electron chi connectivity index (χ4n) is 2.76. The number of thiophene rings is 1. The number of aryl methyl sites for hydroxylation is 3. The average molecular weight is 381 g/mol. The number of carbonyl (C=O) groups is 1. The minimum Gasteiger partial charge on any atom is -0.493 e. The van der Waals surface area contributed by atoms with Gasteiger partial charge in [-0.25, -0.2) is 0 Å². The maximum Gasteiger partial charge on any atom is 0.265 e. The summed E-state index contributed by atoms with van der Waals surface area (Å²) < 4.78 is 11.2. The van der Waals surface area contributed by atoms with Crippen molar-refractivity contribution in [3.63, 3.8) is 0 Å². The van der Waals surface area contributed by atoms with Crippen LogP contribution in [0.3, 0.4) is 0 Å². The van der Waals surface area contributed by atoms with E-state index in [0.717, 1.165) is 22.4 Å². The van der Waals surface area contributed by atoms with E-state index in [1.807, 2.05) is 62.5 Å². The summed E-state index contributed by atoms with van der Waals surface area (Å²) in [6, 6.07) is 13.7. The standard InChI is InChI=1S/C22H23NO3S/c1-14-5-7-18(16(3)9-14)23-22(24)21-11-17(13-27-21)12-26-19-8-6-15(2)10-20(19)25-4/h5-11,13H,12H2,1-4H3,(H,23,24). The van der Waals surface area contributed by atoms with Crippen molar-refractivity contribution in [1.29, 1.82) is 0 Å². The number of nitrogens with one attached hydrogen (secondary N) is 1. The highest BCUT2D eigenvalue weighted by atomic mass is 32.1. The summed E-state index contributed by atoms with van der Waals surface area (Å²) in [5.41, 5.74) is 5.12. The molecule has 0 saturated heterocycles. The minimum atomic E-state index is -0.105. The molecule has 3 aromatic rings. The molecule has 3 rings (SSSR count). The Labute approximate surface area is 163 Å². The number of hydrogen-bond donors (Lipinski definition) is 1. The molecule has 0 fully saturated rings. The Balaban J connectivity index is 1.65. The average Bonchev–Trinajstić information content (AvgIpc) is 3.12. The normalized spacial score (nSPS) is 10.5. The molecule has 27 heavy (non-hydrogen) atoms. The predicted molar refractivity (Wildman–Crippen MR) is 110 cm³/mol. The molecule has 1 N–H and O–H groups in total. The van der Waals surface area contributed by atoms with Gasteiger partial charge in [0.15, 0.2) is 11.5 Å². The lowest BCUT2D eigenvalue weighted by Gasteiger charge is -2.10. The zero-order valence-corrected chi connectivity index (χ0v) is 16.8. The lowest BCUT2D eigenvalue weighted by atomic mass is 10.1. The Morgan fingerprint density at radius 1 is 1.00 bits per heavy atom. The van der Waals surface area contributed by atoms with Gasteiger partial charge in [0.05, 0.1) is 12.0 Å². The van der Waals surface area contributed by atoms with Crippen molar-refractivity contribution >= 4 is 22.9 Å². The largest absolute Gasteiger partial charge is 0.493 e. The Bertz CT molecular complexity index is 962. The summed E-state index contributed by atoms with van der Waals surface area (Å²) >= 11 is 1.41. The summed E-state index contributed by atoms with van der Waals surface area (Å²) in [5, 5.41) is 4.92. The van der Waals surface area contributed by atoms with E-state index in [9.17, 15) is 4.79 Å². The van der Waals surface area contributed by atoms with Crippen LogP contribution in [0.15, 0.2) is 47.8 Å². The van der Waals surface area contributed by atoms with Crippen LogP contribution in [0.25, 0.3) is 0 Å². The maximum atomic E-state index is 12.5. The zero-order valence-electron chi connectivity index (χ0n) is 16.0. The number of ether oxygens (including phenoxy) is 2. The van der Waals surface area contributed by atoms with Gasteiger partial charge in [0, 0.05) is 11.3 Å². The molecule has 1 aromatic heterocycles. The molecule has 0 aliphatic heterocycles. The lowest BCUT2D eigenvalue weighted by molar-refractivity contribution is 0.103. The van der Waals surface area contributed by atoms with Crippen LogP contribution in [0.2, 0.25) is 0 Å². The van der Waals surface area contributed by atoms with Crippen molar-refractivity contribution in [3.8, 4) is 11.5 Å². The summed E-state index contributed by atoms with van der Waals surface area (Å²) in [7, 11) is 1.63. The van der Waals surface area contributed by atoms with Gasteiger partial charge in [-0.05, 0) is 61.5 Å². The van der Waals surface area contributed by atoms with Gasteiger partial charge in [-0.3, -0.25) is 4.79 Å². The molecule has 1 amide bonds. The van der Waals surface area contributed by atoms with Gasteiger partial charge in [-0.15, -0.1) is 11.3 Å². The number of benzene rings is 2. The van der Waals surface area contributed by atoms with Crippen molar-refractivity contribution < 1.29 is 14.3 Å². The van der Waals surface area contributed by atoms with Crippen molar-refractivity contribution in [2.45, 2.75) is 27.4 Å². The first kappa shape index (κ1) is 19.0. The van der Waals surface area contributed by atoms with Gasteiger partial charge in [0.1, 0.15) is 6.61 Å². The Morgan fingerprint density at radius 2 is 1.74 bits per heavy atom. The van der Waals surface area contributed by atoms with E-state index in [0.29, 0.717) is 23.0 Å². The first-order chi connectivity index (χ1) is 13.0. The molecule has 0 atom stereocenters. The van der Waals surface area contributed by atoms with Gasteiger partial charge < -0.3 is 14.8 Å². The number of anilines is 1. The second-order valence-corrected chi connectivity index (χ2v) is 7.45. The van der Waals surface area contributed by atoms with E-state index in [4.69, 9.17) is 9.47 Å². The van der Waals surface area contributed by atoms with Crippen molar-refractivity contribution in [2.24, 2.45) is 0 Å². The van der Waals surface area contributed by atoms with Crippen molar-refractivity contribution in [3.05, 3.63) is 75.0 Å². The van der Waals surface area contributed by atoms with Gasteiger partial charge in [-0.2, -0.15) is 0 Å². The van der Waals surface area contributed by atoms with Crippen LogP contribution in [0.4, 0.5) is 5.69 Å². The van der Waals surface area contributed by atoms with Gasteiger partial charge in [-0.1, -0.05) is 23.8 Å². The van der Waals surface area contributed by atoms with Crippen LogP contribution in [0.5, 0.6) is 11.5 Å². The Hall–Kier alpha value is -2.79. The molecule has 4 nitrogen and oxygen atoms in total. The molecular weight excluding hydrogens is 358 g/mol. The van der Waals surface area contributed by atoms with E-state index in [1.54, 1.807) is 7.11 Å². The number of rotatable bonds is 6. The van der Waals surface area contributed by atoms with Gasteiger partial charge in [0.2, 0.25) is 0 Å². The summed E-state index contributed by atoms with van der Waals surface area (Å²) in [4.78, 5) is 13.2. The fourth-order valence-corrected chi connectivity index (χ4v) is 3.56. The van der Waals surface area contributed by atoms with Crippen LogP contribution in [0.1, 0.15) is 31.9 Å². The molecule has 0 saturated carbocycles. The van der Waals surface area contributed by atoms with Crippen LogP contribution in [0, 0.1) is 20.8 Å². The van der Waals surface area contributed by atoms with Gasteiger partial charge in [0.25, 0.3) is 5.91 Å². The Kier molecular flexibility index (Phi) is 5.81. The van der Waals surface area contributed by atoms with Crippen LogP contribution in [-0.2, 0) is 6.61 Å². The second kappa shape index (κ2) is 8.27. The maximum absolute atomic E-state index is 12.5. The first-order valence-electron chi connectivity index (χ1n) is 8.69. The molecule has 0 radical (unpaired) electrons. The molecule has 0 aliphatic carbocycles. The first-order valence-corrected chi connectivity index (χ1v) is 9.57. The Morgan fingerprint density at radius 3 is 2.48 bits per heavy atom. The van der Waals surface area contributed by atoms with Crippen LogP contribution < -0.4 is 14.8 Å². The molecule has 1 heterocycles. The highest BCUT2D eigenvalue weighted by Crippen LogP contribution is 2.29. The molecule has 0 unspecified atom stereocenters. The molecule has 0 aliphatic rings.